The van der Waals surface area contributed by atoms with Crippen molar-refractivity contribution in [2.75, 3.05) is 13.7 Å². The van der Waals surface area contributed by atoms with E-state index in [1.807, 2.05) is 18.2 Å². The van der Waals surface area contributed by atoms with Crippen LogP contribution in [0.15, 0.2) is 24.3 Å². The molecule has 17 heavy (non-hydrogen) atoms. The normalized spacial score (nSPS) is 19.5. The Labute approximate surface area is 103 Å². The molecule has 0 aromatic heterocycles. The maximum Gasteiger partial charge on any atom is 0.123 e. The molecule has 1 atom stereocenters. The van der Waals surface area contributed by atoms with Gasteiger partial charge >= 0.3 is 0 Å². The minimum Gasteiger partial charge on any atom is -0.496 e. The monoisotopic (exact) mass is 235 g/mol. The molecule has 0 heterocycles. The summed E-state index contributed by atoms with van der Waals surface area (Å²) in [4.78, 5) is 0. The molecule has 2 N–H and O–H groups in total. The molecular weight excluding hydrogens is 214 g/mol. The predicted octanol–water partition coefficient (Wildman–Crippen LogP) is 2.26. The smallest absolute Gasteiger partial charge is 0.123 e. The lowest BCUT2D eigenvalue weighted by Crippen LogP contribution is -2.46. The van der Waals surface area contributed by atoms with E-state index in [0.29, 0.717) is 6.54 Å². The number of hydrogen-bond donors (Lipinski definition) is 2. The molecule has 0 spiro atoms. The van der Waals surface area contributed by atoms with Crippen LogP contribution in [0.1, 0.15) is 37.8 Å². The molecule has 0 amide bonds. The van der Waals surface area contributed by atoms with E-state index in [1.165, 1.54) is 0 Å². The van der Waals surface area contributed by atoms with Gasteiger partial charge in [0.25, 0.3) is 0 Å². The number of aliphatic hydroxyl groups is 1. The van der Waals surface area contributed by atoms with Crippen LogP contribution in [0.5, 0.6) is 5.75 Å². The largest absolute Gasteiger partial charge is 0.496 e. The van der Waals surface area contributed by atoms with Crippen molar-refractivity contribution in [1.29, 1.82) is 0 Å². The second-order valence-electron chi connectivity index (χ2n) is 4.92. The van der Waals surface area contributed by atoms with Gasteiger partial charge in [0.1, 0.15) is 5.75 Å². The average Bonchev–Trinajstić information content (AvgIpc) is 2.33. The molecule has 2 rings (SSSR count). The van der Waals surface area contributed by atoms with Crippen LogP contribution in [0, 0.1) is 0 Å². The van der Waals surface area contributed by atoms with E-state index >= 15 is 0 Å². The van der Waals surface area contributed by atoms with Gasteiger partial charge in [0, 0.05) is 18.2 Å². The maximum absolute atomic E-state index is 10.0. The Hall–Kier alpha value is -1.06. The van der Waals surface area contributed by atoms with Crippen LogP contribution in [-0.4, -0.2) is 24.4 Å². The predicted molar refractivity (Wildman–Crippen MR) is 68.2 cm³/mol. The fourth-order valence-corrected chi connectivity index (χ4v) is 2.24. The highest BCUT2D eigenvalue weighted by Crippen LogP contribution is 2.32. The van der Waals surface area contributed by atoms with Crippen LogP contribution in [0.3, 0.4) is 0 Å². The van der Waals surface area contributed by atoms with Gasteiger partial charge in [-0.1, -0.05) is 18.2 Å². The van der Waals surface area contributed by atoms with Gasteiger partial charge in [-0.25, -0.2) is 0 Å². The molecule has 1 aliphatic carbocycles. The van der Waals surface area contributed by atoms with E-state index in [0.717, 1.165) is 30.6 Å². The molecule has 0 saturated heterocycles. The van der Waals surface area contributed by atoms with E-state index < -0.39 is 5.60 Å². The van der Waals surface area contributed by atoms with Crippen LogP contribution >= 0.6 is 0 Å². The fourth-order valence-electron chi connectivity index (χ4n) is 2.24. The second-order valence-corrected chi connectivity index (χ2v) is 4.92. The van der Waals surface area contributed by atoms with Crippen molar-refractivity contribution in [2.45, 2.75) is 37.8 Å². The summed E-state index contributed by atoms with van der Waals surface area (Å²) in [5.74, 6) is 0.896. The van der Waals surface area contributed by atoms with Crippen molar-refractivity contribution in [3.8, 4) is 5.75 Å². The number of hydrogen-bond acceptors (Lipinski definition) is 3. The first kappa shape index (κ1) is 12.4. The lowest BCUT2D eigenvalue weighted by molar-refractivity contribution is -0.0329. The molecule has 1 saturated carbocycles. The fraction of sp³-hybridized carbons (Fsp3) is 0.571. The van der Waals surface area contributed by atoms with Crippen LogP contribution in [0.4, 0.5) is 0 Å². The topological polar surface area (TPSA) is 41.5 Å². The van der Waals surface area contributed by atoms with Gasteiger partial charge in [-0.2, -0.15) is 0 Å². The van der Waals surface area contributed by atoms with Gasteiger partial charge in [0.15, 0.2) is 0 Å². The van der Waals surface area contributed by atoms with Gasteiger partial charge in [-0.05, 0) is 32.3 Å². The van der Waals surface area contributed by atoms with Gasteiger partial charge in [-0.3, -0.25) is 0 Å². The van der Waals surface area contributed by atoms with Crippen LogP contribution in [0.25, 0.3) is 0 Å². The van der Waals surface area contributed by atoms with Crippen molar-refractivity contribution < 1.29 is 9.84 Å². The average molecular weight is 235 g/mol. The Morgan fingerprint density at radius 1 is 1.41 bits per heavy atom. The zero-order valence-electron chi connectivity index (χ0n) is 10.6. The van der Waals surface area contributed by atoms with Crippen LogP contribution in [0.2, 0.25) is 0 Å². The molecule has 0 aliphatic heterocycles. The van der Waals surface area contributed by atoms with Crippen molar-refractivity contribution in [3.05, 3.63) is 29.8 Å². The summed E-state index contributed by atoms with van der Waals surface area (Å²) in [7, 11) is 1.69. The van der Waals surface area contributed by atoms with Gasteiger partial charge in [-0.15, -0.1) is 0 Å². The highest BCUT2D eigenvalue weighted by molar-refractivity contribution is 5.35. The van der Waals surface area contributed by atoms with Crippen molar-refractivity contribution in [3.63, 3.8) is 0 Å². The van der Waals surface area contributed by atoms with E-state index in [9.17, 15) is 5.11 Å². The molecular formula is C14H21NO2. The molecule has 1 unspecified atom stereocenters. The summed E-state index contributed by atoms with van der Waals surface area (Å²) in [6.07, 6.45) is 2.97. The molecule has 0 radical (unpaired) electrons. The molecule has 1 fully saturated rings. The summed E-state index contributed by atoms with van der Waals surface area (Å²) in [5, 5.41) is 13.4. The third kappa shape index (κ3) is 2.79. The number of para-hydroxylation sites is 1. The minimum absolute atomic E-state index is 0.191. The van der Waals surface area contributed by atoms with E-state index in [-0.39, 0.29) is 6.04 Å². The van der Waals surface area contributed by atoms with E-state index in [1.54, 1.807) is 7.11 Å². The summed E-state index contributed by atoms with van der Waals surface area (Å²) in [5.41, 5.74) is 0.661. The summed E-state index contributed by atoms with van der Waals surface area (Å²) in [6.45, 7) is 2.76. The zero-order chi connectivity index (χ0) is 12.3. The Bertz CT molecular complexity index is 374. The molecule has 3 nitrogen and oxygen atoms in total. The molecule has 1 aliphatic rings. The number of methoxy groups -OCH3 is 1. The van der Waals surface area contributed by atoms with Gasteiger partial charge in [0.05, 0.1) is 12.7 Å². The van der Waals surface area contributed by atoms with Crippen molar-refractivity contribution >= 4 is 0 Å². The summed E-state index contributed by atoms with van der Waals surface area (Å²) in [6, 6.07) is 8.19. The third-order valence-corrected chi connectivity index (χ3v) is 3.63. The zero-order valence-corrected chi connectivity index (χ0v) is 10.6. The highest BCUT2D eigenvalue weighted by atomic mass is 16.5. The number of benzene rings is 1. The van der Waals surface area contributed by atoms with Crippen LogP contribution < -0.4 is 10.1 Å². The summed E-state index contributed by atoms with van der Waals surface area (Å²) < 4.78 is 5.34. The first-order valence-electron chi connectivity index (χ1n) is 6.23. The molecule has 94 valence electrons. The SMILES string of the molecule is COc1ccccc1C(C)NCC1(O)CCC1. The highest BCUT2D eigenvalue weighted by Gasteiger charge is 2.34. The Balaban J connectivity index is 1.96. The molecule has 0 bridgehead atoms. The first-order valence-corrected chi connectivity index (χ1v) is 6.23. The Morgan fingerprint density at radius 3 is 2.71 bits per heavy atom. The quantitative estimate of drug-likeness (QED) is 0.822. The number of nitrogens with one attached hydrogen (secondary N) is 1. The van der Waals surface area contributed by atoms with Crippen molar-refractivity contribution in [1.82, 2.24) is 5.32 Å². The standard InChI is InChI=1S/C14H21NO2/c1-11(15-10-14(16)8-5-9-14)12-6-3-4-7-13(12)17-2/h3-4,6-7,11,15-16H,5,8-10H2,1-2H3. The molecule has 3 heteroatoms. The summed E-state index contributed by atoms with van der Waals surface area (Å²) >= 11 is 0. The van der Waals surface area contributed by atoms with Gasteiger partial charge in [0.2, 0.25) is 0 Å². The first-order chi connectivity index (χ1) is 8.14. The Kier molecular flexibility index (Phi) is 3.69. The number of rotatable bonds is 5. The molecule has 1 aromatic rings. The lowest BCUT2D eigenvalue weighted by atomic mass is 9.80. The number of ether oxygens (including phenoxy) is 1. The third-order valence-electron chi connectivity index (χ3n) is 3.63. The van der Waals surface area contributed by atoms with Crippen molar-refractivity contribution in [2.24, 2.45) is 0 Å². The lowest BCUT2D eigenvalue weighted by Gasteiger charge is -2.37. The van der Waals surface area contributed by atoms with Gasteiger partial charge < -0.3 is 15.2 Å². The second kappa shape index (κ2) is 5.07. The molecule has 1 aromatic carbocycles. The minimum atomic E-state index is -0.476. The van der Waals surface area contributed by atoms with Crippen LogP contribution in [-0.2, 0) is 0 Å². The van der Waals surface area contributed by atoms with E-state index in [4.69, 9.17) is 4.74 Å². The van der Waals surface area contributed by atoms with E-state index in [2.05, 4.69) is 18.3 Å². The maximum atomic E-state index is 10.0. The Morgan fingerprint density at radius 2 is 2.12 bits per heavy atom.